The van der Waals surface area contributed by atoms with Gasteiger partial charge in [-0.15, -0.1) is 0 Å². The summed E-state index contributed by atoms with van der Waals surface area (Å²) in [5.74, 6) is 0.369. The van der Waals surface area contributed by atoms with Crippen LogP contribution in [0.1, 0.15) is 30.0 Å². The predicted molar refractivity (Wildman–Crippen MR) is 51.1 cm³/mol. The van der Waals surface area contributed by atoms with Crippen molar-refractivity contribution in [2.24, 2.45) is 11.7 Å². The van der Waals surface area contributed by atoms with Crippen LogP contribution in [0.25, 0.3) is 0 Å². The van der Waals surface area contributed by atoms with E-state index < -0.39 is 11.7 Å². The molecular formula is C11H12F3N. The van der Waals surface area contributed by atoms with Crippen LogP contribution in [-0.4, -0.2) is 0 Å². The summed E-state index contributed by atoms with van der Waals surface area (Å²) in [6, 6.07) is 5.07. The highest BCUT2D eigenvalue weighted by Crippen LogP contribution is 2.40. The quantitative estimate of drug-likeness (QED) is 0.805. The van der Waals surface area contributed by atoms with Gasteiger partial charge in [0.15, 0.2) is 0 Å². The Morgan fingerprint density at radius 3 is 2.47 bits per heavy atom. The second-order valence-corrected chi connectivity index (χ2v) is 3.99. The smallest absolute Gasteiger partial charge is 0.324 e. The fourth-order valence-corrected chi connectivity index (χ4v) is 1.65. The Hall–Kier alpha value is -1.03. The Kier molecular flexibility index (Phi) is 2.46. The fraction of sp³-hybridized carbons (Fsp3) is 0.455. The molecule has 1 nitrogen and oxygen atoms in total. The van der Waals surface area contributed by atoms with Crippen molar-refractivity contribution in [1.29, 1.82) is 0 Å². The van der Waals surface area contributed by atoms with E-state index in [2.05, 4.69) is 0 Å². The summed E-state index contributed by atoms with van der Waals surface area (Å²) in [6.45, 7) is 0. The third-order valence-corrected chi connectivity index (χ3v) is 2.73. The van der Waals surface area contributed by atoms with E-state index in [0.717, 1.165) is 25.0 Å². The van der Waals surface area contributed by atoms with E-state index in [4.69, 9.17) is 5.73 Å². The van der Waals surface area contributed by atoms with Crippen molar-refractivity contribution in [3.63, 3.8) is 0 Å². The number of benzene rings is 1. The standard InChI is InChI=1S/C11H12F3N/c12-11(13,14)9-3-1-2-8(6-9)10(15)7-4-5-7/h1-3,6-7,10H,4-5,15H2. The molecule has 1 atom stereocenters. The first-order valence-corrected chi connectivity index (χ1v) is 4.91. The van der Waals surface area contributed by atoms with Gasteiger partial charge < -0.3 is 5.73 Å². The Morgan fingerprint density at radius 2 is 1.93 bits per heavy atom. The zero-order chi connectivity index (χ0) is 11.1. The van der Waals surface area contributed by atoms with Gasteiger partial charge in [0.1, 0.15) is 0 Å². The molecule has 1 aliphatic carbocycles. The lowest BCUT2D eigenvalue weighted by molar-refractivity contribution is -0.137. The lowest BCUT2D eigenvalue weighted by Gasteiger charge is -2.13. The molecule has 0 radical (unpaired) electrons. The van der Waals surface area contributed by atoms with Crippen LogP contribution in [0, 0.1) is 5.92 Å². The van der Waals surface area contributed by atoms with Crippen LogP contribution in [0.3, 0.4) is 0 Å². The van der Waals surface area contributed by atoms with E-state index in [1.54, 1.807) is 6.07 Å². The molecule has 0 heterocycles. The van der Waals surface area contributed by atoms with Gasteiger partial charge in [-0.2, -0.15) is 13.2 Å². The van der Waals surface area contributed by atoms with Crippen LogP contribution >= 0.6 is 0 Å². The Labute approximate surface area is 86.1 Å². The van der Waals surface area contributed by atoms with E-state index in [1.807, 2.05) is 0 Å². The molecule has 0 amide bonds. The topological polar surface area (TPSA) is 26.0 Å². The second kappa shape index (κ2) is 3.52. The zero-order valence-corrected chi connectivity index (χ0v) is 8.09. The van der Waals surface area contributed by atoms with Crippen LogP contribution in [0.4, 0.5) is 13.2 Å². The molecule has 1 aromatic rings. The summed E-state index contributed by atoms with van der Waals surface area (Å²) in [5, 5.41) is 0. The van der Waals surface area contributed by atoms with E-state index in [0.29, 0.717) is 11.5 Å². The van der Waals surface area contributed by atoms with E-state index >= 15 is 0 Å². The van der Waals surface area contributed by atoms with Crippen molar-refractivity contribution >= 4 is 0 Å². The monoisotopic (exact) mass is 215 g/mol. The molecule has 4 heteroatoms. The van der Waals surface area contributed by atoms with Gasteiger partial charge in [-0.25, -0.2) is 0 Å². The second-order valence-electron chi connectivity index (χ2n) is 3.99. The van der Waals surface area contributed by atoms with Crippen LogP contribution in [0.15, 0.2) is 24.3 Å². The molecule has 0 spiro atoms. The average Bonchev–Trinajstić information content (AvgIpc) is 2.99. The first-order valence-electron chi connectivity index (χ1n) is 4.91. The molecule has 1 aliphatic rings. The molecule has 2 rings (SSSR count). The van der Waals surface area contributed by atoms with Crippen LogP contribution in [0.5, 0.6) is 0 Å². The van der Waals surface area contributed by atoms with Gasteiger partial charge in [-0.05, 0) is 36.5 Å². The largest absolute Gasteiger partial charge is 0.416 e. The Morgan fingerprint density at radius 1 is 1.27 bits per heavy atom. The molecule has 0 bridgehead atoms. The van der Waals surface area contributed by atoms with Crippen LogP contribution in [-0.2, 0) is 6.18 Å². The number of halogens is 3. The number of alkyl halides is 3. The van der Waals surface area contributed by atoms with Crippen molar-refractivity contribution in [3.05, 3.63) is 35.4 Å². The SMILES string of the molecule is NC(c1cccc(C(F)(F)F)c1)C1CC1. The molecule has 82 valence electrons. The van der Waals surface area contributed by atoms with E-state index in [9.17, 15) is 13.2 Å². The summed E-state index contributed by atoms with van der Waals surface area (Å²) in [5.41, 5.74) is 5.82. The van der Waals surface area contributed by atoms with E-state index in [1.165, 1.54) is 6.07 Å². The summed E-state index contributed by atoms with van der Waals surface area (Å²) in [4.78, 5) is 0. The van der Waals surface area contributed by atoms with Gasteiger partial charge in [0, 0.05) is 6.04 Å². The van der Waals surface area contributed by atoms with Crippen LogP contribution in [0.2, 0.25) is 0 Å². The maximum Gasteiger partial charge on any atom is 0.416 e. The average molecular weight is 215 g/mol. The molecule has 1 saturated carbocycles. The molecule has 15 heavy (non-hydrogen) atoms. The third-order valence-electron chi connectivity index (χ3n) is 2.73. The minimum absolute atomic E-state index is 0.243. The highest BCUT2D eigenvalue weighted by Gasteiger charge is 2.33. The Bertz CT molecular complexity index is 355. The van der Waals surface area contributed by atoms with Crippen molar-refractivity contribution in [2.75, 3.05) is 0 Å². The minimum Gasteiger partial charge on any atom is -0.324 e. The highest BCUT2D eigenvalue weighted by molar-refractivity contribution is 5.28. The molecule has 0 saturated heterocycles. The third kappa shape index (κ3) is 2.31. The summed E-state index contributed by atoms with van der Waals surface area (Å²) < 4.78 is 37.2. The predicted octanol–water partition coefficient (Wildman–Crippen LogP) is 3.12. The van der Waals surface area contributed by atoms with E-state index in [-0.39, 0.29) is 6.04 Å². The maximum absolute atomic E-state index is 12.4. The normalized spacial score (nSPS) is 18.9. The van der Waals surface area contributed by atoms with Crippen molar-refractivity contribution in [1.82, 2.24) is 0 Å². The van der Waals surface area contributed by atoms with Crippen molar-refractivity contribution in [3.8, 4) is 0 Å². The van der Waals surface area contributed by atoms with Gasteiger partial charge in [0.2, 0.25) is 0 Å². The molecule has 2 N–H and O–H groups in total. The molecule has 1 unspecified atom stereocenters. The van der Waals surface area contributed by atoms with Gasteiger partial charge in [0.25, 0.3) is 0 Å². The summed E-state index contributed by atoms with van der Waals surface area (Å²) in [6.07, 6.45) is -2.23. The van der Waals surface area contributed by atoms with Gasteiger partial charge in [0.05, 0.1) is 5.56 Å². The lowest BCUT2D eigenvalue weighted by atomic mass is 10.0. The molecule has 0 aliphatic heterocycles. The lowest BCUT2D eigenvalue weighted by Crippen LogP contribution is -2.14. The molecule has 0 aromatic heterocycles. The van der Waals surface area contributed by atoms with Gasteiger partial charge >= 0.3 is 6.18 Å². The van der Waals surface area contributed by atoms with Gasteiger partial charge in [-0.3, -0.25) is 0 Å². The first kappa shape index (κ1) is 10.5. The van der Waals surface area contributed by atoms with Gasteiger partial charge in [-0.1, -0.05) is 12.1 Å². The Balaban J connectivity index is 2.25. The first-order chi connectivity index (χ1) is 6.98. The number of nitrogens with two attached hydrogens (primary N) is 1. The maximum atomic E-state index is 12.4. The molecule has 1 aromatic carbocycles. The fourth-order valence-electron chi connectivity index (χ4n) is 1.65. The number of hydrogen-bond acceptors (Lipinski definition) is 1. The highest BCUT2D eigenvalue weighted by atomic mass is 19.4. The zero-order valence-electron chi connectivity index (χ0n) is 8.09. The number of hydrogen-bond donors (Lipinski definition) is 1. The summed E-state index contributed by atoms with van der Waals surface area (Å²) in [7, 11) is 0. The summed E-state index contributed by atoms with van der Waals surface area (Å²) >= 11 is 0. The van der Waals surface area contributed by atoms with Crippen molar-refractivity contribution in [2.45, 2.75) is 25.1 Å². The van der Waals surface area contributed by atoms with Crippen molar-refractivity contribution < 1.29 is 13.2 Å². The minimum atomic E-state index is -4.28. The molecular weight excluding hydrogens is 203 g/mol. The number of rotatable bonds is 2. The molecule has 1 fully saturated rings. The van der Waals surface area contributed by atoms with Crippen LogP contribution < -0.4 is 5.73 Å².